The molecule has 0 spiro atoms. The molecule has 1 aliphatic rings. The molecule has 90 valence electrons. The molecule has 1 unspecified atom stereocenters. The van der Waals surface area contributed by atoms with Crippen LogP contribution in [-0.4, -0.2) is 49.0 Å². The molecule has 1 fully saturated rings. The molecule has 0 aliphatic carbocycles. The zero-order chi connectivity index (χ0) is 11.5. The number of aryl methyl sites for hydroxylation is 2. The molecule has 2 heterocycles. The molecule has 1 N–H and O–H groups in total. The first-order chi connectivity index (χ1) is 7.66. The Labute approximate surface area is 97.2 Å². The molecule has 0 saturated carbocycles. The highest BCUT2D eigenvalue weighted by Gasteiger charge is 2.17. The summed E-state index contributed by atoms with van der Waals surface area (Å²) in [6, 6.07) is 4.24. The predicted molar refractivity (Wildman–Crippen MR) is 65.4 cm³/mol. The third-order valence-electron chi connectivity index (χ3n) is 3.09. The van der Waals surface area contributed by atoms with Crippen molar-refractivity contribution in [2.45, 2.75) is 20.0 Å². The number of hydrogen-bond acceptors (Lipinski definition) is 3. The maximum atomic E-state index is 5.71. The van der Waals surface area contributed by atoms with E-state index in [2.05, 4.69) is 48.0 Å². The van der Waals surface area contributed by atoms with E-state index in [-0.39, 0.29) is 0 Å². The molecule has 1 aromatic heterocycles. The number of hydrogen-bond donors (Lipinski definition) is 1. The van der Waals surface area contributed by atoms with Gasteiger partial charge in [-0.1, -0.05) is 0 Å². The van der Waals surface area contributed by atoms with Gasteiger partial charge in [-0.25, -0.2) is 0 Å². The van der Waals surface area contributed by atoms with Crippen molar-refractivity contribution >= 4 is 0 Å². The van der Waals surface area contributed by atoms with Crippen molar-refractivity contribution in [3.8, 4) is 0 Å². The number of likely N-dealkylation sites (N-methyl/N-ethyl adjacent to an activating group) is 1. The van der Waals surface area contributed by atoms with E-state index in [0.29, 0.717) is 6.10 Å². The van der Waals surface area contributed by atoms with Crippen molar-refractivity contribution < 1.29 is 4.74 Å². The minimum absolute atomic E-state index is 0.292. The van der Waals surface area contributed by atoms with Gasteiger partial charge in [0, 0.05) is 24.5 Å². The van der Waals surface area contributed by atoms with Gasteiger partial charge in [0.1, 0.15) is 0 Å². The molecule has 0 amide bonds. The van der Waals surface area contributed by atoms with Crippen LogP contribution in [0.2, 0.25) is 0 Å². The highest BCUT2D eigenvalue weighted by atomic mass is 16.5. The minimum Gasteiger partial charge on any atom is -0.374 e. The summed E-state index contributed by atoms with van der Waals surface area (Å²) in [5, 5.41) is 0. The minimum atomic E-state index is 0.292. The van der Waals surface area contributed by atoms with Crippen LogP contribution in [0.15, 0.2) is 12.1 Å². The zero-order valence-corrected chi connectivity index (χ0v) is 10.4. The van der Waals surface area contributed by atoms with Gasteiger partial charge in [-0.2, -0.15) is 0 Å². The van der Waals surface area contributed by atoms with Gasteiger partial charge in [0.2, 0.25) is 0 Å². The molecule has 1 aliphatic heterocycles. The summed E-state index contributed by atoms with van der Waals surface area (Å²) in [7, 11) is 2.14. The molecule has 4 heteroatoms. The smallest absolute Gasteiger partial charge is 0.0890 e. The van der Waals surface area contributed by atoms with Gasteiger partial charge in [-0.05, 0) is 33.0 Å². The largest absolute Gasteiger partial charge is 0.374 e. The van der Waals surface area contributed by atoms with Crippen molar-refractivity contribution in [3.63, 3.8) is 0 Å². The van der Waals surface area contributed by atoms with Crippen LogP contribution in [0.25, 0.3) is 0 Å². The van der Waals surface area contributed by atoms with E-state index in [0.717, 1.165) is 26.2 Å². The quantitative estimate of drug-likeness (QED) is 0.828. The third kappa shape index (κ3) is 2.57. The molecule has 0 radical (unpaired) electrons. The Morgan fingerprint density at radius 2 is 2.06 bits per heavy atom. The molecule has 4 nitrogen and oxygen atoms in total. The molecule has 0 bridgehead atoms. The molecule has 16 heavy (non-hydrogen) atoms. The lowest BCUT2D eigenvalue weighted by atomic mass is 10.3. The molecule has 1 saturated heterocycles. The summed E-state index contributed by atoms with van der Waals surface area (Å²) in [6.07, 6.45) is 0.292. The van der Waals surface area contributed by atoms with E-state index >= 15 is 0 Å². The Hall–Kier alpha value is -1.00. The highest BCUT2D eigenvalue weighted by molar-refractivity contribution is 5.15. The van der Waals surface area contributed by atoms with E-state index in [9.17, 15) is 0 Å². The predicted octanol–water partition coefficient (Wildman–Crippen LogP) is 0.979. The van der Waals surface area contributed by atoms with E-state index < -0.39 is 0 Å². The van der Waals surface area contributed by atoms with Crippen LogP contribution >= 0.6 is 0 Å². The highest BCUT2D eigenvalue weighted by Crippen LogP contribution is 2.06. The Morgan fingerprint density at radius 3 is 2.69 bits per heavy atom. The van der Waals surface area contributed by atoms with Crippen molar-refractivity contribution in [2.75, 3.05) is 38.7 Å². The van der Waals surface area contributed by atoms with Crippen molar-refractivity contribution in [1.29, 1.82) is 0 Å². The van der Waals surface area contributed by atoms with E-state index in [1.165, 1.54) is 11.4 Å². The summed E-state index contributed by atoms with van der Waals surface area (Å²) < 4.78 is 7.83. The molecule has 2 rings (SSSR count). The third-order valence-corrected chi connectivity index (χ3v) is 3.09. The van der Waals surface area contributed by atoms with Crippen molar-refractivity contribution in [3.05, 3.63) is 23.5 Å². The van der Waals surface area contributed by atoms with Gasteiger partial charge in [0.05, 0.1) is 19.3 Å². The maximum absolute atomic E-state index is 5.71. The summed E-state index contributed by atoms with van der Waals surface area (Å²) in [5.41, 5.74) is 5.89. The first kappa shape index (κ1) is 11.5. The number of nitrogens with zero attached hydrogens (tertiary/aromatic N) is 2. The van der Waals surface area contributed by atoms with Gasteiger partial charge in [0.25, 0.3) is 0 Å². The number of aromatic nitrogens is 1. The van der Waals surface area contributed by atoms with Crippen molar-refractivity contribution in [2.24, 2.45) is 0 Å². The molecule has 0 aromatic carbocycles. The van der Waals surface area contributed by atoms with Crippen LogP contribution in [0.5, 0.6) is 0 Å². The average Bonchev–Trinajstić information content (AvgIpc) is 2.56. The van der Waals surface area contributed by atoms with E-state index in [4.69, 9.17) is 4.74 Å². The summed E-state index contributed by atoms with van der Waals surface area (Å²) in [6.45, 7) is 7.96. The number of nitrogens with one attached hydrogen (secondary N) is 1. The van der Waals surface area contributed by atoms with E-state index in [1.54, 1.807) is 0 Å². The van der Waals surface area contributed by atoms with Crippen LogP contribution in [0.4, 0.5) is 0 Å². The molecule has 1 aromatic rings. The lowest BCUT2D eigenvalue weighted by Crippen LogP contribution is -2.44. The Morgan fingerprint density at radius 1 is 1.38 bits per heavy atom. The number of rotatable bonds is 3. The van der Waals surface area contributed by atoms with Crippen LogP contribution in [0.1, 0.15) is 11.4 Å². The summed E-state index contributed by atoms with van der Waals surface area (Å²) in [5.74, 6) is 0. The zero-order valence-electron chi connectivity index (χ0n) is 10.4. The van der Waals surface area contributed by atoms with Gasteiger partial charge in [0.15, 0.2) is 0 Å². The van der Waals surface area contributed by atoms with Crippen LogP contribution in [0, 0.1) is 13.8 Å². The summed E-state index contributed by atoms with van der Waals surface area (Å²) >= 11 is 0. The topological polar surface area (TPSA) is 29.4 Å². The van der Waals surface area contributed by atoms with Crippen LogP contribution in [0.3, 0.4) is 0 Å². The van der Waals surface area contributed by atoms with Gasteiger partial charge < -0.3 is 15.1 Å². The first-order valence-electron chi connectivity index (χ1n) is 5.86. The van der Waals surface area contributed by atoms with Gasteiger partial charge in [-0.3, -0.25) is 4.68 Å². The second-order valence-electron chi connectivity index (χ2n) is 4.57. The average molecular weight is 223 g/mol. The fourth-order valence-corrected chi connectivity index (χ4v) is 2.10. The van der Waals surface area contributed by atoms with Crippen LogP contribution < -0.4 is 5.43 Å². The molecular formula is C12H21N3O. The second-order valence-corrected chi connectivity index (χ2v) is 4.57. The SMILES string of the molecule is Cc1ccc(C)n1NCC1CN(C)CCO1. The van der Waals surface area contributed by atoms with Crippen molar-refractivity contribution in [1.82, 2.24) is 9.58 Å². The monoisotopic (exact) mass is 223 g/mol. The van der Waals surface area contributed by atoms with Gasteiger partial charge in [-0.15, -0.1) is 0 Å². The summed E-state index contributed by atoms with van der Waals surface area (Å²) in [4.78, 5) is 2.31. The lowest BCUT2D eigenvalue weighted by molar-refractivity contribution is -0.0129. The fraction of sp³-hybridized carbons (Fsp3) is 0.667. The molecule has 1 atom stereocenters. The van der Waals surface area contributed by atoms with E-state index in [1.807, 2.05) is 0 Å². The maximum Gasteiger partial charge on any atom is 0.0890 e. The fourth-order valence-electron chi connectivity index (χ4n) is 2.10. The number of morpholine rings is 1. The Kier molecular flexibility index (Phi) is 3.51. The Balaban J connectivity index is 1.87. The number of ether oxygens (including phenoxy) is 1. The Bertz CT molecular complexity index is 329. The normalized spacial score (nSPS) is 22.3. The first-order valence-corrected chi connectivity index (χ1v) is 5.86. The van der Waals surface area contributed by atoms with Gasteiger partial charge >= 0.3 is 0 Å². The molecular weight excluding hydrogens is 202 g/mol. The van der Waals surface area contributed by atoms with Crippen LogP contribution in [-0.2, 0) is 4.74 Å². The standard InChI is InChI=1S/C12H21N3O/c1-10-4-5-11(2)15(10)13-8-12-9-14(3)6-7-16-12/h4-5,12-13H,6-9H2,1-3H3. The second kappa shape index (κ2) is 4.89. The lowest BCUT2D eigenvalue weighted by Gasteiger charge is -2.30.